The van der Waals surface area contributed by atoms with Gasteiger partial charge in [-0.3, -0.25) is 0 Å². The maximum absolute atomic E-state index is 10.3. The van der Waals surface area contributed by atoms with Gasteiger partial charge in [0.1, 0.15) is 6.10 Å². The minimum Gasteiger partial charge on any atom is -0.493 e. The predicted molar refractivity (Wildman–Crippen MR) is 71.5 cm³/mol. The third kappa shape index (κ3) is 4.09. The lowest BCUT2D eigenvalue weighted by atomic mass is 10.1. The van der Waals surface area contributed by atoms with E-state index in [4.69, 9.17) is 18.9 Å². The Hall–Kier alpha value is -1.30. The van der Waals surface area contributed by atoms with Crippen LogP contribution in [0.1, 0.15) is 25.5 Å². The Balaban J connectivity index is 2.93. The molecule has 0 saturated carbocycles. The normalized spacial score (nSPS) is 12.5. The molecule has 5 nitrogen and oxygen atoms in total. The number of methoxy groups -OCH3 is 2. The molecular weight excluding hydrogens is 248 g/mol. The zero-order valence-electron chi connectivity index (χ0n) is 11.9. The van der Waals surface area contributed by atoms with Gasteiger partial charge in [0.05, 0.1) is 14.2 Å². The van der Waals surface area contributed by atoms with Crippen LogP contribution in [0.15, 0.2) is 18.2 Å². The molecule has 0 saturated heterocycles. The van der Waals surface area contributed by atoms with Crippen molar-refractivity contribution in [2.45, 2.75) is 26.2 Å². The molecule has 1 N–H and O–H groups in total. The van der Waals surface area contributed by atoms with Crippen molar-refractivity contribution >= 4 is 0 Å². The summed E-state index contributed by atoms with van der Waals surface area (Å²) in [5.41, 5.74) is 0.657. The molecule has 1 rings (SSSR count). The van der Waals surface area contributed by atoms with Gasteiger partial charge in [-0.25, -0.2) is 0 Å². The predicted octanol–water partition coefficient (Wildman–Crippen LogP) is 2.14. The number of benzene rings is 1. The smallest absolute Gasteiger partial charge is 0.187 e. The van der Waals surface area contributed by atoms with E-state index >= 15 is 0 Å². The minimum absolute atomic E-state index is 0.467. The second kappa shape index (κ2) is 7.99. The molecule has 0 heterocycles. The number of hydrogen-bond acceptors (Lipinski definition) is 5. The van der Waals surface area contributed by atoms with Crippen LogP contribution >= 0.6 is 0 Å². The summed E-state index contributed by atoms with van der Waals surface area (Å²) in [5, 5.41) is 10.3. The number of aliphatic hydroxyl groups excluding tert-OH is 1. The van der Waals surface area contributed by atoms with E-state index in [0.717, 1.165) is 0 Å². The monoisotopic (exact) mass is 270 g/mol. The largest absolute Gasteiger partial charge is 0.493 e. The fourth-order valence-electron chi connectivity index (χ4n) is 1.75. The van der Waals surface area contributed by atoms with Crippen molar-refractivity contribution in [3.8, 4) is 11.5 Å². The van der Waals surface area contributed by atoms with Crippen LogP contribution in [-0.4, -0.2) is 38.8 Å². The Morgan fingerprint density at radius 3 is 2.05 bits per heavy atom. The summed E-state index contributed by atoms with van der Waals surface area (Å²) < 4.78 is 21.1. The highest BCUT2D eigenvalue weighted by molar-refractivity contribution is 5.43. The highest BCUT2D eigenvalue weighted by atomic mass is 16.7. The molecule has 1 aromatic rings. The van der Waals surface area contributed by atoms with Crippen LogP contribution in [0.4, 0.5) is 0 Å². The lowest BCUT2D eigenvalue weighted by molar-refractivity contribution is -0.191. The van der Waals surface area contributed by atoms with Crippen molar-refractivity contribution < 1.29 is 24.1 Å². The summed E-state index contributed by atoms with van der Waals surface area (Å²) in [6.07, 6.45) is -1.56. The first-order valence-electron chi connectivity index (χ1n) is 6.31. The van der Waals surface area contributed by atoms with Gasteiger partial charge < -0.3 is 24.1 Å². The van der Waals surface area contributed by atoms with E-state index < -0.39 is 12.4 Å². The average molecular weight is 270 g/mol. The minimum atomic E-state index is -0.875. The molecular formula is C14H22O5. The van der Waals surface area contributed by atoms with Gasteiger partial charge in [0.2, 0.25) is 0 Å². The Morgan fingerprint density at radius 1 is 1.00 bits per heavy atom. The lowest BCUT2D eigenvalue weighted by Crippen LogP contribution is -2.25. The summed E-state index contributed by atoms with van der Waals surface area (Å²) in [7, 11) is 3.12. The molecule has 0 aliphatic carbocycles. The van der Waals surface area contributed by atoms with E-state index in [-0.39, 0.29) is 0 Å². The zero-order valence-corrected chi connectivity index (χ0v) is 11.9. The van der Waals surface area contributed by atoms with E-state index in [1.807, 2.05) is 13.8 Å². The van der Waals surface area contributed by atoms with Crippen molar-refractivity contribution in [2.24, 2.45) is 0 Å². The lowest BCUT2D eigenvalue weighted by Gasteiger charge is -2.23. The van der Waals surface area contributed by atoms with Crippen LogP contribution in [0.25, 0.3) is 0 Å². The van der Waals surface area contributed by atoms with Gasteiger partial charge in [0, 0.05) is 13.2 Å². The van der Waals surface area contributed by atoms with E-state index in [1.165, 1.54) is 0 Å². The van der Waals surface area contributed by atoms with Crippen molar-refractivity contribution in [3.05, 3.63) is 23.8 Å². The van der Waals surface area contributed by atoms with Crippen LogP contribution in [0, 0.1) is 0 Å². The van der Waals surface area contributed by atoms with E-state index in [1.54, 1.807) is 32.4 Å². The number of rotatable bonds is 8. The zero-order chi connectivity index (χ0) is 14.3. The standard InChI is InChI=1S/C14H22O5/c1-5-18-14(19-6-2)13(15)10-7-8-11(16-3)12(9-10)17-4/h7-9,13-15H,5-6H2,1-4H3. The van der Waals surface area contributed by atoms with Crippen LogP contribution in [0.3, 0.4) is 0 Å². The van der Waals surface area contributed by atoms with Gasteiger partial charge in [0.25, 0.3) is 0 Å². The molecule has 0 amide bonds. The summed E-state index contributed by atoms with van der Waals surface area (Å²) in [5.74, 6) is 1.17. The second-order valence-electron chi connectivity index (χ2n) is 3.84. The Kier molecular flexibility index (Phi) is 6.62. The van der Waals surface area contributed by atoms with Gasteiger partial charge in [0.15, 0.2) is 17.8 Å². The Bertz CT molecular complexity index is 374. The van der Waals surface area contributed by atoms with Gasteiger partial charge in [-0.2, -0.15) is 0 Å². The molecule has 108 valence electrons. The van der Waals surface area contributed by atoms with Crippen molar-refractivity contribution in [1.82, 2.24) is 0 Å². The molecule has 0 spiro atoms. The Labute approximate surface area is 114 Å². The molecule has 0 fully saturated rings. The van der Waals surface area contributed by atoms with E-state index in [2.05, 4.69) is 0 Å². The molecule has 0 aliphatic rings. The number of ether oxygens (including phenoxy) is 4. The summed E-state index contributed by atoms with van der Waals surface area (Å²) in [6, 6.07) is 5.22. The average Bonchev–Trinajstić information content (AvgIpc) is 2.45. The fourth-order valence-corrected chi connectivity index (χ4v) is 1.75. The molecule has 0 bridgehead atoms. The van der Waals surface area contributed by atoms with Crippen LogP contribution in [-0.2, 0) is 9.47 Å². The molecule has 19 heavy (non-hydrogen) atoms. The molecule has 1 atom stereocenters. The first-order chi connectivity index (χ1) is 9.17. The van der Waals surface area contributed by atoms with Crippen molar-refractivity contribution in [2.75, 3.05) is 27.4 Å². The van der Waals surface area contributed by atoms with Gasteiger partial charge >= 0.3 is 0 Å². The quantitative estimate of drug-likeness (QED) is 0.733. The SMILES string of the molecule is CCOC(OCC)C(O)c1ccc(OC)c(OC)c1. The van der Waals surface area contributed by atoms with E-state index in [0.29, 0.717) is 30.3 Å². The number of hydrogen-bond donors (Lipinski definition) is 1. The van der Waals surface area contributed by atoms with Crippen molar-refractivity contribution in [1.29, 1.82) is 0 Å². The maximum atomic E-state index is 10.3. The summed E-state index contributed by atoms with van der Waals surface area (Å²) in [4.78, 5) is 0. The fraction of sp³-hybridized carbons (Fsp3) is 0.571. The third-order valence-electron chi connectivity index (χ3n) is 2.67. The maximum Gasteiger partial charge on any atom is 0.187 e. The first-order valence-corrected chi connectivity index (χ1v) is 6.31. The van der Waals surface area contributed by atoms with Gasteiger partial charge in [-0.1, -0.05) is 6.07 Å². The highest BCUT2D eigenvalue weighted by Gasteiger charge is 2.22. The molecule has 0 aromatic heterocycles. The number of aliphatic hydroxyl groups is 1. The third-order valence-corrected chi connectivity index (χ3v) is 2.67. The molecule has 0 aliphatic heterocycles. The molecule has 1 unspecified atom stereocenters. The van der Waals surface area contributed by atoms with E-state index in [9.17, 15) is 5.11 Å². The molecule has 1 aromatic carbocycles. The van der Waals surface area contributed by atoms with Crippen LogP contribution < -0.4 is 9.47 Å². The first kappa shape index (κ1) is 15.8. The van der Waals surface area contributed by atoms with Gasteiger partial charge in [-0.05, 0) is 31.5 Å². The molecule has 0 radical (unpaired) electrons. The second-order valence-corrected chi connectivity index (χ2v) is 3.84. The summed E-state index contributed by atoms with van der Waals surface area (Å²) in [6.45, 7) is 4.64. The summed E-state index contributed by atoms with van der Waals surface area (Å²) >= 11 is 0. The highest BCUT2D eigenvalue weighted by Crippen LogP contribution is 2.31. The molecule has 5 heteroatoms. The van der Waals surface area contributed by atoms with Crippen LogP contribution in [0.5, 0.6) is 11.5 Å². The topological polar surface area (TPSA) is 57.2 Å². The van der Waals surface area contributed by atoms with Gasteiger partial charge in [-0.15, -0.1) is 0 Å². The Morgan fingerprint density at radius 2 is 1.58 bits per heavy atom. The van der Waals surface area contributed by atoms with Crippen molar-refractivity contribution in [3.63, 3.8) is 0 Å². The van der Waals surface area contributed by atoms with Crippen LogP contribution in [0.2, 0.25) is 0 Å².